The lowest BCUT2D eigenvalue weighted by Crippen LogP contribution is -2.01. The number of pyridine rings is 1. The van der Waals surface area contributed by atoms with Crippen molar-refractivity contribution in [2.45, 2.75) is 6.54 Å². The zero-order valence-corrected chi connectivity index (χ0v) is 7.57. The number of hydrogen-bond donors (Lipinski definition) is 3. The molecule has 0 saturated heterocycles. The van der Waals surface area contributed by atoms with Crippen LogP contribution in [-0.2, 0) is 6.54 Å². The molecule has 14 heavy (non-hydrogen) atoms. The van der Waals surface area contributed by atoms with Gasteiger partial charge in [-0.25, -0.2) is 0 Å². The van der Waals surface area contributed by atoms with Gasteiger partial charge in [-0.2, -0.15) is 5.10 Å². The smallest absolute Gasteiger partial charge is 0.123 e. The van der Waals surface area contributed by atoms with Crippen LogP contribution in [0.1, 0.15) is 5.56 Å². The molecule has 0 fully saturated rings. The second kappa shape index (κ2) is 3.78. The summed E-state index contributed by atoms with van der Waals surface area (Å²) in [5.74, 6) is 0.603. The van der Waals surface area contributed by atoms with E-state index in [1.165, 1.54) is 0 Å². The summed E-state index contributed by atoms with van der Waals surface area (Å²) in [6, 6.07) is 3.80. The first-order valence-corrected chi connectivity index (χ1v) is 4.28. The van der Waals surface area contributed by atoms with Crippen molar-refractivity contribution in [1.82, 2.24) is 15.2 Å². The minimum atomic E-state index is 0.603. The van der Waals surface area contributed by atoms with E-state index < -0.39 is 0 Å². The largest absolute Gasteiger partial charge is 0.384 e. The first-order valence-electron chi connectivity index (χ1n) is 4.28. The Kier molecular flexibility index (Phi) is 2.31. The molecule has 0 amide bonds. The van der Waals surface area contributed by atoms with Crippen molar-refractivity contribution < 1.29 is 0 Å². The molecule has 72 valence electrons. The minimum absolute atomic E-state index is 0.603. The predicted octanol–water partition coefficient (Wildman–Crippen LogP) is 0.999. The third-order valence-corrected chi connectivity index (χ3v) is 1.91. The van der Waals surface area contributed by atoms with Crippen LogP contribution >= 0.6 is 0 Å². The van der Waals surface area contributed by atoms with E-state index in [0.717, 1.165) is 11.3 Å². The van der Waals surface area contributed by atoms with Gasteiger partial charge < -0.3 is 11.1 Å². The molecule has 0 aliphatic heterocycles. The van der Waals surface area contributed by atoms with E-state index >= 15 is 0 Å². The van der Waals surface area contributed by atoms with Crippen molar-refractivity contribution >= 4 is 11.5 Å². The molecule has 0 radical (unpaired) electrons. The Labute approximate surface area is 81.4 Å². The van der Waals surface area contributed by atoms with E-state index in [1.807, 2.05) is 12.1 Å². The van der Waals surface area contributed by atoms with Gasteiger partial charge in [0.1, 0.15) is 5.82 Å². The number of aromatic nitrogens is 3. The van der Waals surface area contributed by atoms with E-state index in [4.69, 9.17) is 5.73 Å². The number of nitrogen functional groups attached to an aromatic ring is 1. The summed E-state index contributed by atoms with van der Waals surface area (Å²) in [5.41, 5.74) is 7.61. The maximum atomic E-state index is 5.63. The Morgan fingerprint density at radius 1 is 1.36 bits per heavy atom. The van der Waals surface area contributed by atoms with Crippen molar-refractivity contribution in [1.29, 1.82) is 0 Å². The fraction of sp³-hybridized carbons (Fsp3) is 0.111. The second-order valence-electron chi connectivity index (χ2n) is 2.90. The van der Waals surface area contributed by atoms with Crippen LogP contribution in [-0.4, -0.2) is 15.2 Å². The molecule has 2 aromatic heterocycles. The maximum absolute atomic E-state index is 5.63. The number of nitrogens with two attached hydrogens (primary N) is 1. The number of hydrogen-bond acceptors (Lipinski definition) is 4. The summed E-state index contributed by atoms with van der Waals surface area (Å²) < 4.78 is 0. The summed E-state index contributed by atoms with van der Waals surface area (Å²) in [4.78, 5) is 3.92. The summed E-state index contributed by atoms with van der Waals surface area (Å²) in [6.45, 7) is 0.659. The average Bonchev–Trinajstić information content (AvgIpc) is 2.63. The molecule has 0 aliphatic carbocycles. The van der Waals surface area contributed by atoms with Crippen LogP contribution in [0.3, 0.4) is 0 Å². The van der Waals surface area contributed by atoms with Crippen molar-refractivity contribution in [2.75, 3.05) is 11.1 Å². The van der Waals surface area contributed by atoms with Crippen LogP contribution in [0.4, 0.5) is 11.5 Å². The summed E-state index contributed by atoms with van der Waals surface area (Å²) >= 11 is 0. The molecule has 0 aromatic carbocycles. The molecule has 0 atom stereocenters. The van der Waals surface area contributed by atoms with E-state index in [0.29, 0.717) is 12.4 Å². The molecule has 5 nitrogen and oxygen atoms in total. The monoisotopic (exact) mass is 189 g/mol. The SMILES string of the molecule is Nc1[nH]ncc1CNc1ccncc1. The second-order valence-corrected chi connectivity index (χ2v) is 2.90. The third kappa shape index (κ3) is 1.82. The number of nitrogens with zero attached hydrogens (tertiary/aromatic N) is 2. The molecule has 0 saturated carbocycles. The van der Waals surface area contributed by atoms with Gasteiger partial charge >= 0.3 is 0 Å². The average molecular weight is 189 g/mol. The highest BCUT2D eigenvalue weighted by atomic mass is 15.1. The van der Waals surface area contributed by atoms with Gasteiger partial charge in [-0.3, -0.25) is 10.1 Å². The highest BCUT2D eigenvalue weighted by molar-refractivity contribution is 5.44. The van der Waals surface area contributed by atoms with Crippen LogP contribution in [0.15, 0.2) is 30.7 Å². The highest BCUT2D eigenvalue weighted by Crippen LogP contribution is 2.10. The number of rotatable bonds is 3. The Morgan fingerprint density at radius 2 is 2.14 bits per heavy atom. The molecule has 0 aliphatic rings. The van der Waals surface area contributed by atoms with Crippen LogP contribution in [0.5, 0.6) is 0 Å². The molecule has 2 aromatic rings. The van der Waals surface area contributed by atoms with Gasteiger partial charge in [0.2, 0.25) is 0 Å². The van der Waals surface area contributed by atoms with Crippen LogP contribution in [0, 0.1) is 0 Å². The lowest BCUT2D eigenvalue weighted by atomic mass is 10.3. The van der Waals surface area contributed by atoms with Crippen LogP contribution in [0.2, 0.25) is 0 Å². The van der Waals surface area contributed by atoms with Gasteiger partial charge in [-0.05, 0) is 12.1 Å². The molecule has 2 rings (SSSR count). The van der Waals surface area contributed by atoms with Gasteiger partial charge in [0, 0.05) is 30.2 Å². The van der Waals surface area contributed by atoms with Crippen LogP contribution < -0.4 is 11.1 Å². The van der Waals surface area contributed by atoms with E-state index in [1.54, 1.807) is 18.6 Å². The Morgan fingerprint density at radius 3 is 2.79 bits per heavy atom. The van der Waals surface area contributed by atoms with E-state index in [-0.39, 0.29) is 0 Å². The van der Waals surface area contributed by atoms with E-state index in [2.05, 4.69) is 20.5 Å². The zero-order chi connectivity index (χ0) is 9.80. The van der Waals surface area contributed by atoms with Gasteiger partial charge in [-0.1, -0.05) is 0 Å². The summed E-state index contributed by atoms with van der Waals surface area (Å²) in [7, 11) is 0. The van der Waals surface area contributed by atoms with Gasteiger partial charge in [0.15, 0.2) is 0 Å². The van der Waals surface area contributed by atoms with Gasteiger partial charge in [0.25, 0.3) is 0 Å². The van der Waals surface area contributed by atoms with Gasteiger partial charge in [-0.15, -0.1) is 0 Å². The Hall–Kier alpha value is -2.04. The lowest BCUT2D eigenvalue weighted by Gasteiger charge is -2.03. The van der Waals surface area contributed by atoms with Crippen molar-refractivity contribution in [3.8, 4) is 0 Å². The molecule has 0 unspecified atom stereocenters. The predicted molar refractivity (Wildman–Crippen MR) is 54.6 cm³/mol. The van der Waals surface area contributed by atoms with Gasteiger partial charge in [0.05, 0.1) is 6.20 Å². The first kappa shape index (κ1) is 8.55. The molecule has 5 heteroatoms. The molecule has 2 heterocycles. The zero-order valence-electron chi connectivity index (χ0n) is 7.57. The quantitative estimate of drug-likeness (QED) is 0.673. The Balaban J connectivity index is 1.99. The summed E-state index contributed by atoms with van der Waals surface area (Å²) in [5, 5.41) is 9.72. The number of nitrogens with one attached hydrogen (secondary N) is 2. The molecule has 0 spiro atoms. The molecular formula is C9H11N5. The fourth-order valence-corrected chi connectivity index (χ4v) is 1.13. The molecule has 4 N–H and O–H groups in total. The van der Waals surface area contributed by atoms with Crippen molar-refractivity contribution in [3.05, 3.63) is 36.3 Å². The topological polar surface area (TPSA) is 79.6 Å². The molecule has 0 bridgehead atoms. The minimum Gasteiger partial charge on any atom is -0.384 e. The van der Waals surface area contributed by atoms with Crippen molar-refractivity contribution in [3.63, 3.8) is 0 Å². The maximum Gasteiger partial charge on any atom is 0.123 e. The normalized spacial score (nSPS) is 10.0. The highest BCUT2D eigenvalue weighted by Gasteiger charge is 1.99. The standard InChI is InChI=1S/C9H11N5/c10-9-7(6-13-14-9)5-12-8-1-3-11-4-2-8/h1-4,6H,5H2,(H,11,12)(H3,10,13,14). The first-order chi connectivity index (χ1) is 6.86. The summed E-state index contributed by atoms with van der Waals surface area (Å²) in [6.07, 6.45) is 5.19. The third-order valence-electron chi connectivity index (χ3n) is 1.91. The Bertz CT molecular complexity index is 395. The number of aromatic amines is 1. The van der Waals surface area contributed by atoms with E-state index in [9.17, 15) is 0 Å². The molecular weight excluding hydrogens is 178 g/mol. The number of anilines is 2. The fourth-order valence-electron chi connectivity index (χ4n) is 1.13. The van der Waals surface area contributed by atoms with Crippen molar-refractivity contribution in [2.24, 2.45) is 0 Å². The lowest BCUT2D eigenvalue weighted by molar-refractivity contribution is 1.10. The van der Waals surface area contributed by atoms with Crippen LogP contribution in [0.25, 0.3) is 0 Å². The number of H-pyrrole nitrogens is 1.